The Morgan fingerprint density at radius 1 is 1.29 bits per heavy atom. The quantitative estimate of drug-likeness (QED) is 0.839. The van der Waals surface area contributed by atoms with Crippen LogP contribution < -0.4 is 0 Å². The van der Waals surface area contributed by atoms with Crippen molar-refractivity contribution in [3.8, 4) is 0 Å². The van der Waals surface area contributed by atoms with Crippen molar-refractivity contribution in [3.63, 3.8) is 0 Å². The Hall–Kier alpha value is -1.30. The van der Waals surface area contributed by atoms with E-state index in [0.29, 0.717) is 0 Å². The molecule has 0 aromatic heterocycles. The maximum absolute atomic E-state index is 12.8. The van der Waals surface area contributed by atoms with E-state index in [2.05, 4.69) is 4.90 Å². The first-order valence-electron chi connectivity index (χ1n) is 7.57. The number of hydrogen-bond acceptors (Lipinski definition) is 3. The van der Waals surface area contributed by atoms with Crippen molar-refractivity contribution >= 4 is 12.0 Å². The molecule has 1 atom stereocenters. The standard InChI is InChI=1S/C15H29N3O3/c1-15(2,3)18(10-8-13(19)20)14(21)17-9-6-7-12(17)11-16(4)5/h12H,6-11H2,1-5H3,(H,19,20). The summed E-state index contributed by atoms with van der Waals surface area (Å²) in [6, 6.07) is 0.190. The van der Waals surface area contributed by atoms with Crippen LogP contribution in [0.15, 0.2) is 0 Å². The SMILES string of the molecule is CN(C)CC1CCCN1C(=O)N(CCC(=O)O)C(C)(C)C. The van der Waals surface area contributed by atoms with Crippen LogP contribution >= 0.6 is 0 Å². The molecule has 1 saturated heterocycles. The van der Waals surface area contributed by atoms with E-state index in [0.717, 1.165) is 25.9 Å². The normalized spacial score (nSPS) is 19.1. The third-order valence-corrected chi connectivity index (χ3v) is 3.79. The molecular weight excluding hydrogens is 270 g/mol. The minimum atomic E-state index is -0.872. The van der Waals surface area contributed by atoms with Gasteiger partial charge < -0.3 is 19.8 Å². The van der Waals surface area contributed by atoms with Gasteiger partial charge in [-0.05, 0) is 47.7 Å². The molecule has 0 aromatic rings. The molecule has 0 spiro atoms. The average Bonchev–Trinajstić information content (AvgIpc) is 2.73. The average molecular weight is 299 g/mol. The van der Waals surface area contributed by atoms with Crippen LogP contribution in [0.4, 0.5) is 4.79 Å². The summed E-state index contributed by atoms with van der Waals surface area (Å²) in [6.07, 6.45) is 2.01. The van der Waals surface area contributed by atoms with Gasteiger partial charge in [-0.15, -0.1) is 0 Å². The molecule has 0 bridgehead atoms. The zero-order valence-corrected chi connectivity index (χ0v) is 13.9. The number of carbonyl (C=O) groups excluding carboxylic acids is 1. The lowest BCUT2D eigenvalue weighted by Gasteiger charge is -2.40. The van der Waals surface area contributed by atoms with Gasteiger partial charge in [-0.1, -0.05) is 0 Å². The lowest BCUT2D eigenvalue weighted by molar-refractivity contribution is -0.137. The van der Waals surface area contributed by atoms with Crippen LogP contribution in [-0.2, 0) is 4.79 Å². The fraction of sp³-hybridized carbons (Fsp3) is 0.867. The number of carboxylic acids is 1. The van der Waals surface area contributed by atoms with Gasteiger partial charge in [0.25, 0.3) is 0 Å². The van der Waals surface area contributed by atoms with Gasteiger partial charge in [0.1, 0.15) is 0 Å². The van der Waals surface area contributed by atoms with Crippen molar-refractivity contribution in [3.05, 3.63) is 0 Å². The van der Waals surface area contributed by atoms with Gasteiger partial charge >= 0.3 is 12.0 Å². The van der Waals surface area contributed by atoms with Gasteiger partial charge in [0, 0.05) is 31.2 Å². The monoisotopic (exact) mass is 299 g/mol. The van der Waals surface area contributed by atoms with E-state index in [1.807, 2.05) is 39.8 Å². The highest BCUT2D eigenvalue weighted by Crippen LogP contribution is 2.23. The van der Waals surface area contributed by atoms with E-state index >= 15 is 0 Å². The van der Waals surface area contributed by atoms with E-state index in [9.17, 15) is 9.59 Å². The summed E-state index contributed by atoms with van der Waals surface area (Å²) in [7, 11) is 4.01. The number of carboxylic acid groups (broad SMARTS) is 1. The number of likely N-dealkylation sites (tertiary alicyclic amines) is 1. The third-order valence-electron chi connectivity index (χ3n) is 3.79. The summed E-state index contributed by atoms with van der Waals surface area (Å²) >= 11 is 0. The number of amides is 2. The molecule has 1 N–H and O–H groups in total. The highest BCUT2D eigenvalue weighted by molar-refractivity contribution is 5.77. The second kappa shape index (κ2) is 7.11. The Labute approximate surface area is 127 Å². The number of carbonyl (C=O) groups is 2. The fourth-order valence-electron chi connectivity index (χ4n) is 2.78. The van der Waals surface area contributed by atoms with Crippen molar-refractivity contribution in [1.82, 2.24) is 14.7 Å². The van der Waals surface area contributed by atoms with Gasteiger partial charge in [-0.2, -0.15) is 0 Å². The fourth-order valence-corrected chi connectivity index (χ4v) is 2.78. The van der Waals surface area contributed by atoms with E-state index in [1.165, 1.54) is 0 Å². The molecule has 122 valence electrons. The molecule has 0 radical (unpaired) electrons. The summed E-state index contributed by atoms with van der Waals surface area (Å²) in [5.41, 5.74) is -0.377. The lowest BCUT2D eigenvalue weighted by Crippen LogP contribution is -2.54. The number of likely N-dealkylation sites (N-methyl/N-ethyl adjacent to an activating group) is 1. The van der Waals surface area contributed by atoms with Crippen molar-refractivity contribution in [1.29, 1.82) is 0 Å². The molecule has 0 aliphatic carbocycles. The summed E-state index contributed by atoms with van der Waals surface area (Å²) in [5, 5.41) is 8.89. The van der Waals surface area contributed by atoms with Gasteiger partial charge in [0.2, 0.25) is 0 Å². The zero-order chi connectivity index (χ0) is 16.2. The number of rotatable bonds is 5. The zero-order valence-electron chi connectivity index (χ0n) is 13.9. The van der Waals surface area contributed by atoms with Gasteiger partial charge in [-0.3, -0.25) is 4.79 Å². The largest absolute Gasteiger partial charge is 0.481 e. The highest BCUT2D eigenvalue weighted by Gasteiger charge is 2.36. The van der Waals surface area contributed by atoms with Crippen LogP contribution in [-0.4, -0.2) is 77.1 Å². The molecule has 6 heteroatoms. The van der Waals surface area contributed by atoms with E-state index in [1.54, 1.807) is 4.90 Å². The molecule has 1 aliphatic heterocycles. The molecular formula is C15H29N3O3. The van der Waals surface area contributed by atoms with E-state index in [4.69, 9.17) is 5.11 Å². The van der Waals surface area contributed by atoms with E-state index < -0.39 is 5.97 Å². The molecule has 21 heavy (non-hydrogen) atoms. The van der Waals surface area contributed by atoms with Crippen molar-refractivity contribution in [2.24, 2.45) is 0 Å². The molecule has 1 unspecified atom stereocenters. The Morgan fingerprint density at radius 2 is 1.90 bits per heavy atom. The number of urea groups is 1. The number of aliphatic carboxylic acids is 1. The second-order valence-electron chi connectivity index (χ2n) is 7.00. The maximum atomic E-state index is 12.8. The summed E-state index contributed by atoms with van der Waals surface area (Å²) in [4.78, 5) is 29.4. The Bertz CT molecular complexity index is 377. The molecule has 1 aliphatic rings. The number of nitrogens with zero attached hydrogens (tertiary/aromatic N) is 3. The summed E-state index contributed by atoms with van der Waals surface area (Å²) in [6.45, 7) is 7.71. The smallest absolute Gasteiger partial charge is 0.320 e. The van der Waals surface area contributed by atoms with Crippen LogP contribution in [0, 0.1) is 0 Å². The Morgan fingerprint density at radius 3 is 2.38 bits per heavy atom. The number of hydrogen-bond donors (Lipinski definition) is 1. The predicted octanol–water partition coefficient (Wildman–Crippen LogP) is 1.71. The maximum Gasteiger partial charge on any atom is 0.320 e. The molecule has 6 nitrogen and oxygen atoms in total. The van der Waals surface area contributed by atoms with Crippen molar-refractivity contribution in [2.45, 2.75) is 51.6 Å². The van der Waals surface area contributed by atoms with Crippen LogP contribution in [0.5, 0.6) is 0 Å². The van der Waals surface area contributed by atoms with Gasteiger partial charge in [-0.25, -0.2) is 4.79 Å². The molecule has 0 saturated carbocycles. The Kier molecular flexibility index (Phi) is 6.01. The minimum Gasteiger partial charge on any atom is -0.481 e. The minimum absolute atomic E-state index is 0.0187. The Balaban J connectivity index is 2.81. The van der Waals surface area contributed by atoms with Crippen LogP contribution in [0.25, 0.3) is 0 Å². The van der Waals surface area contributed by atoms with Crippen molar-refractivity contribution in [2.75, 3.05) is 33.7 Å². The second-order valence-corrected chi connectivity index (χ2v) is 7.00. The lowest BCUT2D eigenvalue weighted by atomic mass is 10.1. The third kappa shape index (κ3) is 5.19. The molecule has 1 fully saturated rings. The molecule has 2 amide bonds. The topological polar surface area (TPSA) is 64.1 Å². The summed E-state index contributed by atoms with van der Waals surface area (Å²) in [5.74, 6) is -0.872. The van der Waals surface area contributed by atoms with Gasteiger partial charge in [0.15, 0.2) is 0 Å². The van der Waals surface area contributed by atoms with E-state index in [-0.39, 0.29) is 30.6 Å². The first-order chi connectivity index (χ1) is 9.62. The van der Waals surface area contributed by atoms with Gasteiger partial charge in [0.05, 0.1) is 6.42 Å². The highest BCUT2D eigenvalue weighted by atomic mass is 16.4. The predicted molar refractivity (Wildman–Crippen MR) is 82.4 cm³/mol. The van der Waals surface area contributed by atoms with Crippen LogP contribution in [0.3, 0.4) is 0 Å². The van der Waals surface area contributed by atoms with Crippen LogP contribution in [0.2, 0.25) is 0 Å². The molecule has 0 aromatic carbocycles. The van der Waals surface area contributed by atoms with Crippen LogP contribution in [0.1, 0.15) is 40.0 Å². The summed E-state index contributed by atoms with van der Waals surface area (Å²) < 4.78 is 0. The molecule has 1 heterocycles. The first kappa shape index (κ1) is 17.8. The first-order valence-corrected chi connectivity index (χ1v) is 7.57. The van der Waals surface area contributed by atoms with Crippen molar-refractivity contribution < 1.29 is 14.7 Å². The molecule has 1 rings (SSSR count).